The van der Waals surface area contributed by atoms with Crippen LogP contribution in [-0.2, 0) is 4.79 Å². The molecular formula is C19H15F3N2O4. The molecule has 28 heavy (non-hydrogen) atoms. The van der Waals surface area contributed by atoms with Crippen LogP contribution in [0, 0.1) is 6.92 Å². The number of benzene rings is 1. The zero-order chi connectivity index (χ0) is 20.5. The Kier molecular flexibility index (Phi) is 5.08. The molecule has 1 aromatic carbocycles. The molecule has 1 N–H and O–H groups in total. The lowest BCUT2D eigenvalue weighted by Gasteiger charge is -2.09. The maximum Gasteiger partial charge on any atom is 0.573 e. The number of pyridine rings is 1. The van der Waals surface area contributed by atoms with Gasteiger partial charge in [-0.05, 0) is 42.8 Å². The molecule has 0 aliphatic rings. The third-order valence-electron chi connectivity index (χ3n) is 3.84. The van der Waals surface area contributed by atoms with Gasteiger partial charge >= 0.3 is 12.3 Å². The van der Waals surface area contributed by atoms with Crippen LogP contribution in [0.4, 0.5) is 13.2 Å². The standard InChI is InChI=1S/C19H15F3N2O4/c1-3-15(25)27-18-12-9-11(28-19(20,21)22)4-5-13(12)24-16(18)17(26)14-8-10(2)6-7-23-14/h4-9,24H,3H2,1-2H3. The molecule has 146 valence electrons. The Morgan fingerprint density at radius 2 is 1.93 bits per heavy atom. The quantitative estimate of drug-likeness (QED) is 0.517. The Hall–Kier alpha value is -3.36. The number of ketones is 1. The van der Waals surface area contributed by atoms with Gasteiger partial charge < -0.3 is 14.5 Å². The Bertz CT molecular complexity index is 1060. The van der Waals surface area contributed by atoms with Crippen molar-refractivity contribution in [2.75, 3.05) is 0 Å². The third kappa shape index (κ3) is 4.13. The van der Waals surface area contributed by atoms with Gasteiger partial charge in [0.15, 0.2) is 5.75 Å². The summed E-state index contributed by atoms with van der Waals surface area (Å²) < 4.78 is 46.7. The molecule has 2 aromatic heterocycles. The molecule has 3 rings (SSSR count). The highest BCUT2D eigenvalue weighted by molar-refractivity contribution is 6.13. The zero-order valence-corrected chi connectivity index (χ0v) is 14.9. The fourth-order valence-corrected chi connectivity index (χ4v) is 2.58. The Morgan fingerprint density at radius 1 is 1.18 bits per heavy atom. The number of fused-ring (bicyclic) bond motifs is 1. The van der Waals surface area contributed by atoms with E-state index >= 15 is 0 Å². The van der Waals surface area contributed by atoms with E-state index in [0.717, 1.165) is 17.7 Å². The first-order valence-electron chi connectivity index (χ1n) is 8.27. The van der Waals surface area contributed by atoms with E-state index in [9.17, 15) is 22.8 Å². The maximum atomic E-state index is 12.9. The Morgan fingerprint density at radius 3 is 2.57 bits per heavy atom. The number of carbonyl (C=O) groups is 2. The second kappa shape index (κ2) is 7.34. The van der Waals surface area contributed by atoms with Gasteiger partial charge in [-0.15, -0.1) is 13.2 Å². The largest absolute Gasteiger partial charge is 0.573 e. The molecule has 0 saturated heterocycles. The normalized spacial score (nSPS) is 11.5. The van der Waals surface area contributed by atoms with Crippen LogP contribution in [0.25, 0.3) is 10.9 Å². The van der Waals surface area contributed by atoms with Gasteiger partial charge in [0, 0.05) is 18.0 Å². The summed E-state index contributed by atoms with van der Waals surface area (Å²) in [5.74, 6) is -1.87. The van der Waals surface area contributed by atoms with Crippen LogP contribution in [0.15, 0.2) is 36.5 Å². The Labute approximate surface area is 157 Å². The van der Waals surface area contributed by atoms with Crippen molar-refractivity contribution in [2.24, 2.45) is 0 Å². The summed E-state index contributed by atoms with van der Waals surface area (Å²) >= 11 is 0. The minimum Gasteiger partial charge on any atom is -0.423 e. The number of aromatic nitrogens is 2. The Balaban J connectivity index is 2.14. The number of halogens is 3. The highest BCUT2D eigenvalue weighted by Gasteiger charge is 2.32. The lowest BCUT2D eigenvalue weighted by Crippen LogP contribution is -2.17. The van der Waals surface area contributed by atoms with E-state index in [1.165, 1.54) is 12.3 Å². The van der Waals surface area contributed by atoms with Crippen LogP contribution in [0.1, 0.15) is 35.1 Å². The first-order chi connectivity index (χ1) is 13.2. The number of rotatable bonds is 5. The molecule has 0 unspecified atom stereocenters. The van der Waals surface area contributed by atoms with Crippen molar-refractivity contribution >= 4 is 22.7 Å². The van der Waals surface area contributed by atoms with Crippen molar-refractivity contribution in [3.05, 3.63) is 53.5 Å². The van der Waals surface area contributed by atoms with Gasteiger partial charge in [0.2, 0.25) is 5.78 Å². The predicted octanol–water partition coefficient (Wildman–Crippen LogP) is 4.32. The number of aromatic amines is 1. The molecule has 0 atom stereocenters. The molecule has 6 nitrogen and oxygen atoms in total. The molecule has 0 aliphatic heterocycles. The first-order valence-corrected chi connectivity index (χ1v) is 8.27. The highest BCUT2D eigenvalue weighted by Crippen LogP contribution is 2.35. The van der Waals surface area contributed by atoms with Crippen molar-refractivity contribution in [1.29, 1.82) is 0 Å². The van der Waals surface area contributed by atoms with Crippen LogP contribution < -0.4 is 9.47 Å². The molecule has 2 heterocycles. The minimum atomic E-state index is -4.88. The summed E-state index contributed by atoms with van der Waals surface area (Å²) in [5.41, 5.74) is 1.12. The molecule has 0 spiro atoms. The number of esters is 1. The summed E-state index contributed by atoms with van der Waals surface area (Å²) in [7, 11) is 0. The average Bonchev–Trinajstić information content (AvgIpc) is 2.97. The molecule has 9 heteroatoms. The average molecular weight is 392 g/mol. The summed E-state index contributed by atoms with van der Waals surface area (Å²) in [4.78, 5) is 31.5. The molecule has 0 radical (unpaired) electrons. The van der Waals surface area contributed by atoms with Gasteiger partial charge in [-0.1, -0.05) is 6.92 Å². The second-order valence-corrected chi connectivity index (χ2v) is 5.96. The lowest BCUT2D eigenvalue weighted by atomic mass is 10.1. The summed E-state index contributed by atoms with van der Waals surface area (Å²) in [6.07, 6.45) is -3.41. The number of alkyl halides is 3. The maximum absolute atomic E-state index is 12.9. The second-order valence-electron chi connectivity index (χ2n) is 5.96. The van der Waals surface area contributed by atoms with E-state index in [1.807, 2.05) is 0 Å². The topological polar surface area (TPSA) is 81.3 Å². The number of carbonyl (C=O) groups excluding carboxylic acids is 2. The molecule has 0 aliphatic carbocycles. The monoisotopic (exact) mass is 392 g/mol. The summed E-state index contributed by atoms with van der Waals surface area (Å²) in [6.45, 7) is 3.33. The molecule has 0 bridgehead atoms. The van der Waals surface area contributed by atoms with E-state index in [0.29, 0.717) is 5.52 Å². The molecule has 0 amide bonds. The zero-order valence-electron chi connectivity index (χ0n) is 14.9. The van der Waals surface area contributed by atoms with Crippen molar-refractivity contribution < 1.29 is 32.2 Å². The van der Waals surface area contributed by atoms with Gasteiger partial charge in [-0.2, -0.15) is 0 Å². The van der Waals surface area contributed by atoms with Crippen LogP contribution >= 0.6 is 0 Å². The van der Waals surface area contributed by atoms with Crippen molar-refractivity contribution in [3.63, 3.8) is 0 Å². The molecule has 0 saturated carbocycles. The number of nitrogens with zero attached hydrogens (tertiary/aromatic N) is 1. The van der Waals surface area contributed by atoms with E-state index in [2.05, 4.69) is 14.7 Å². The highest BCUT2D eigenvalue weighted by atomic mass is 19.4. The fraction of sp³-hybridized carbons (Fsp3) is 0.211. The number of aryl methyl sites for hydroxylation is 1. The van der Waals surface area contributed by atoms with Crippen molar-refractivity contribution in [2.45, 2.75) is 26.6 Å². The molecule has 3 aromatic rings. The number of hydrogen-bond acceptors (Lipinski definition) is 5. The SMILES string of the molecule is CCC(=O)Oc1c(C(=O)c2cc(C)ccn2)[nH]c2ccc(OC(F)(F)F)cc12. The van der Waals surface area contributed by atoms with E-state index < -0.39 is 23.9 Å². The van der Waals surface area contributed by atoms with E-state index in [-0.39, 0.29) is 28.9 Å². The number of H-pyrrole nitrogens is 1. The summed E-state index contributed by atoms with van der Waals surface area (Å²) in [6, 6.07) is 6.72. The van der Waals surface area contributed by atoms with Gasteiger partial charge in [0.05, 0.1) is 5.52 Å². The van der Waals surface area contributed by atoms with Gasteiger partial charge in [0.25, 0.3) is 0 Å². The number of nitrogens with one attached hydrogen (secondary N) is 1. The fourth-order valence-electron chi connectivity index (χ4n) is 2.58. The van der Waals surface area contributed by atoms with Crippen LogP contribution in [0.3, 0.4) is 0 Å². The van der Waals surface area contributed by atoms with Gasteiger partial charge in [-0.3, -0.25) is 14.6 Å². The van der Waals surface area contributed by atoms with Crippen molar-refractivity contribution in [3.8, 4) is 11.5 Å². The minimum absolute atomic E-state index is 0.0156. The first kappa shape index (κ1) is 19.4. The van der Waals surface area contributed by atoms with E-state index in [1.54, 1.807) is 26.0 Å². The molecule has 0 fully saturated rings. The number of hydrogen-bond donors (Lipinski definition) is 1. The van der Waals surface area contributed by atoms with Gasteiger partial charge in [-0.25, -0.2) is 0 Å². The van der Waals surface area contributed by atoms with Crippen molar-refractivity contribution in [1.82, 2.24) is 9.97 Å². The van der Waals surface area contributed by atoms with Crippen LogP contribution in [-0.4, -0.2) is 28.1 Å². The van der Waals surface area contributed by atoms with Crippen LogP contribution in [0.5, 0.6) is 11.5 Å². The lowest BCUT2D eigenvalue weighted by molar-refractivity contribution is -0.274. The smallest absolute Gasteiger partial charge is 0.423 e. The predicted molar refractivity (Wildman–Crippen MR) is 93.3 cm³/mol. The summed E-state index contributed by atoms with van der Waals surface area (Å²) in [5, 5.41) is 0.111. The third-order valence-corrected chi connectivity index (χ3v) is 3.84. The van der Waals surface area contributed by atoms with E-state index in [4.69, 9.17) is 4.74 Å². The number of ether oxygens (including phenoxy) is 2. The van der Waals surface area contributed by atoms with Crippen LogP contribution in [0.2, 0.25) is 0 Å². The van der Waals surface area contributed by atoms with Gasteiger partial charge in [0.1, 0.15) is 17.1 Å². The molecular weight excluding hydrogens is 377 g/mol.